The van der Waals surface area contributed by atoms with Crippen molar-refractivity contribution in [3.63, 3.8) is 0 Å². The fourth-order valence-corrected chi connectivity index (χ4v) is 3.99. The maximum absolute atomic E-state index is 13.3. The van der Waals surface area contributed by atoms with Gasteiger partial charge in [-0.15, -0.1) is 0 Å². The molecule has 1 aliphatic rings. The Morgan fingerprint density at radius 2 is 1.55 bits per heavy atom. The van der Waals surface area contributed by atoms with Crippen LogP contribution in [0, 0.1) is 0 Å². The van der Waals surface area contributed by atoms with Gasteiger partial charge in [0.05, 0.1) is 11.3 Å². The molecule has 1 aliphatic heterocycles. The van der Waals surface area contributed by atoms with Crippen molar-refractivity contribution in [3.05, 3.63) is 60.1 Å². The van der Waals surface area contributed by atoms with E-state index in [1.165, 1.54) is 22.9 Å². The summed E-state index contributed by atoms with van der Waals surface area (Å²) in [7, 11) is 0. The smallest absolute Gasteiger partial charge is 0.419 e. The maximum atomic E-state index is 13.3. The lowest BCUT2D eigenvalue weighted by molar-refractivity contribution is -0.137. The molecule has 0 fully saturated rings. The van der Waals surface area contributed by atoms with E-state index >= 15 is 0 Å². The number of carbonyl (C=O) groups is 2. The molecule has 13 heteroatoms. The van der Waals surface area contributed by atoms with E-state index in [0.717, 1.165) is 12.1 Å². The standard InChI is InChI=1S/C29H33F3N6O4/c1-27(2,3)41-25(39)37-15-12-18(13-16-37)22-34-23(21-11-8-14-38(21)26(40)42-28(4,5)6)36-24(35-22)33-20-10-7-9-19(17-20)29(30,31)32/h7-12,14,17H,13,15-16H2,1-6H3,(H,33,34,35,36). The molecule has 0 saturated carbocycles. The minimum absolute atomic E-state index is 0.0262. The Hall–Kier alpha value is -4.42. The van der Waals surface area contributed by atoms with E-state index in [1.54, 1.807) is 64.7 Å². The third kappa shape index (κ3) is 7.86. The SMILES string of the molecule is CC(C)(C)OC(=O)N1CC=C(c2nc(Nc3cccc(C(F)(F)F)c3)nc(-c3cccn3C(=O)OC(C)(C)C)n2)CC1. The normalized spacial score (nSPS) is 14.3. The summed E-state index contributed by atoms with van der Waals surface area (Å²) in [6.45, 7) is 11.2. The molecule has 0 saturated heterocycles. The van der Waals surface area contributed by atoms with Crippen molar-refractivity contribution in [1.29, 1.82) is 0 Å². The second kappa shape index (κ2) is 11.5. The summed E-state index contributed by atoms with van der Waals surface area (Å²) in [5.41, 5.74) is -1.13. The van der Waals surface area contributed by atoms with Crippen LogP contribution in [0.5, 0.6) is 0 Å². The van der Waals surface area contributed by atoms with Gasteiger partial charge >= 0.3 is 18.4 Å². The third-order valence-corrected chi connectivity index (χ3v) is 5.80. The fraction of sp³-hybridized carbons (Fsp3) is 0.414. The van der Waals surface area contributed by atoms with Crippen LogP contribution in [0.3, 0.4) is 0 Å². The van der Waals surface area contributed by atoms with Crippen LogP contribution < -0.4 is 5.32 Å². The van der Waals surface area contributed by atoms with Gasteiger partial charge in [-0.05, 0) is 83.9 Å². The van der Waals surface area contributed by atoms with E-state index < -0.39 is 35.1 Å². The largest absolute Gasteiger partial charge is 0.444 e. The van der Waals surface area contributed by atoms with Gasteiger partial charge < -0.3 is 19.7 Å². The Bertz CT molecular complexity index is 1500. The predicted molar refractivity (Wildman–Crippen MR) is 150 cm³/mol. The molecule has 0 bridgehead atoms. The minimum Gasteiger partial charge on any atom is -0.444 e. The van der Waals surface area contributed by atoms with Crippen molar-refractivity contribution in [1.82, 2.24) is 24.4 Å². The number of hydrogen-bond donors (Lipinski definition) is 1. The molecule has 0 aliphatic carbocycles. The zero-order valence-electron chi connectivity index (χ0n) is 24.2. The molecule has 0 atom stereocenters. The monoisotopic (exact) mass is 586 g/mol. The summed E-state index contributed by atoms with van der Waals surface area (Å²) < 4.78 is 52.2. The Balaban J connectivity index is 1.72. The molecule has 1 amide bonds. The number of halogens is 3. The molecule has 3 heterocycles. The van der Waals surface area contributed by atoms with E-state index in [-0.39, 0.29) is 29.8 Å². The zero-order valence-corrected chi connectivity index (χ0v) is 24.2. The summed E-state index contributed by atoms with van der Waals surface area (Å²) >= 11 is 0. The highest BCUT2D eigenvalue weighted by Gasteiger charge is 2.31. The lowest BCUT2D eigenvalue weighted by atomic mass is 10.1. The second-order valence-corrected chi connectivity index (χ2v) is 11.7. The predicted octanol–water partition coefficient (Wildman–Crippen LogP) is 6.91. The topological polar surface area (TPSA) is 111 Å². The number of ether oxygens (including phenoxy) is 2. The highest BCUT2D eigenvalue weighted by molar-refractivity contribution is 5.78. The molecule has 0 unspecified atom stereocenters. The van der Waals surface area contributed by atoms with Crippen molar-refractivity contribution in [2.45, 2.75) is 65.3 Å². The van der Waals surface area contributed by atoms with Gasteiger partial charge in [0.25, 0.3) is 0 Å². The number of amides is 1. The number of rotatable bonds is 4. The first-order valence-electron chi connectivity index (χ1n) is 13.3. The summed E-state index contributed by atoms with van der Waals surface area (Å²) in [6, 6.07) is 7.90. The van der Waals surface area contributed by atoms with Crippen molar-refractivity contribution in [2.24, 2.45) is 0 Å². The summed E-state index contributed by atoms with van der Waals surface area (Å²) in [5.74, 6) is 0.317. The summed E-state index contributed by atoms with van der Waals surface area (Å²) in [5, 5.41) is 2.84. The van der Waals surface area contributed by atoms with E-state index in [9.17, 15) is 22.8 Å². The Kier molecular flexibility index (Phi) is 8.33. The van der Waals surface area contributed by atoms with Gasteiger partial charge in [-0.25, -0.2) is 19.1 Å². The van der Waals surface area contributed by atoms with Crippen LogP contribution in [0.15, 0.2) is 48.7 Å². The molecule has 2 aromatic heterocycles. The summed E-state index contributed by atoms with van der Waals surface area (Å²) in [6.07, 6.45) is -1.95. The molecular formula is C29H33F3N6O4. The van der Waals surface area contributed by atoms with Gasteiger partial charge in [-0.3, -0.25) is 0 Å². The molecule has 10 nitrogen and oxygen atoms in total. The number of anilines is 2. The van der Waals surface area contributed by atoms with Gasteiger partial charge in [-0.1, -0.05) is 12.1 Å². The van der Waals surface area contributed by atoms with E-state index in [1.807, 2.05) is 0 Å². The van der Waals surface area contributed by atoms with Crippen LogP contribution in [0.1, 0.15) is 59.4 Å². The quantitative estimate of drug-likeness (QED) is 0.351. The molecule has 1 N–H and O–H groups in total. The zero-order chi connectivity index (χ0) is 30.9. The summed E-state index contributed by atoms with van der Waals surface area (Å²) in [4.78, 5) is 40.5. The average molecular weight is 587 g/mol. The molecule has 4 rings (SSSR count). The van der Waals surface area contributed by atoms with Crippen molar-refractivity contribution >= 4 is 29.4 Å². The number of alkyl halides is 3. The van der Waals surface area contributed by atoms with Crippen molar-refractivity contribution in [2.75, 3.05) is 18.4 Å². The van der Waals surface area contributed by atoms with Gasteiger partial charge in [0.15, 0.2) is 11.6 Å². The lowest BCUT2D eigenvalue weighted by Crippen LogP contribution is -2.39. The van der Waals surface area contributed by atoms with Crippen LogP contribution >= 0.6 is 0 Å². The van der Waals surface area contributed by atoms with E-state index in [0.29, 0.717) is 24.2 Å². The molecule has 224 valence electrons. The fourth-order valence-electron chi connectivity index (χ4n) is 3.99. The molecule has 0 radical (unpaired) electrons. The highest BCUT2D eigenvalue weighted by atomic mass is 19.4. The van der Waals surface area contributed by atoms with Crippen LogP contribution in [0.4, 0.5) is 34.4 Å². The number of aromatic nitrogens is 4. The number of carbonyl (C=O) groups excluding carboxylic acids is 2. The molecule has 0 spiro atoms. The third-order valence-electron chi connectivity index (χ3n) is 5.80. The lowest BCUT2D eigenvalue weighted by Gasteiger charge is -2.29. The van der Waals surface area contributed by atoms with Gasteiger partial charge in [0, 0.05) is 25.0 Å². The van der Waals surface area contributed by atoms with Crippen molar-refractivity contribution in [3.8, 4) is 11.5 Å². The Labute approximate surface area is 241 Å². The molecule has 3 aromatic rings. The minimum atomic E-state index is -4.53. The Morgan fingerprint density at radius 1 is 0.881 bits per heavy atom. The van der Waals surface area contributed by atoms with E-state index in [2.05, 4.69) is 20.3 Å². The van der Waals surface area contributed by atoms with Crippen molar-refractivity contribution < 1.29 is 32.2 Å². The average Bonchev–Trinajstić information content (AvgIpc) is 3.37. The number of benzene rings is 1. The van der Waals surface area contributed by atoms with Gasteiger partial charge in [-0.2, -0.15) is 23.1 Å². The molecule has 42 heavy (non-hydrogen) atoms. The van der Waals surface area contributed by atoms with Crippen LogP contribution in [-0.2, 0) is 15.7 Å². The van der Waals surface area contributed by atoms with Crippen LogP contribution in [0.2, 0.25) is 0 Å². The maximum Gasteiger partial charge on any atom is 0.419 e. The van der Waals surface area contributed by atoms with Gasteiger partial charge in [0.1, 0.15) is 11.2 Å². The number of nitrogens with one attached hydrogen (secondary N) is 1. The van der Waals surface area contributed by atoms with Crippen LogP contribution in [-0.4, -0.2) is 60.9 Å². The molecule has 1 aromatic carbocycles. The Morgan fingerprint density at radius 3 is 2.17 bits per heavy atom. The first kappa shape index (κ1) is 30.5. The first-order valence-corrected chi connectivity index (χ1v) is 13.3. The first-order chi connectivity index (χ1) is 19.5. The van der Waals surface area contributed by atoms with Gasteiger partial charge in [0.2, 0.25) is 5.95 Å². The van der Waals surface area contributed by atoms with Crippen LogP contribution in [0.25, 0.3) is 17.1 Å². The highest BCUT2D eigenvalue weighted by Crippen LogP contribution is 2.32. The van der Waals surface area contributed by atoms with E-state index in [4.69, 9.17) is 9.47 Å². The number of nitrogens with zero attached hydrogens (tertiary/aromatic N) is 5. The molecular weight excluding hydrogens is 553 g/mol. The number of hydrogen-bond acceptors (Lipinski definition) is 8. The second-order valence-electron chi connectivity index (χ2n) is 11.7.